The molecule has 0 aliphatic carbocycles. The summed E-state index contributed by atoms with van der Waals surface area (Å²) in [5.41, 5.74) is -0.121. The highest BCUT2D eigenvalue weighted by Gasteiger charge is 2.33. The minimum absolute atomic E-state index is 0.121. The number of hydrogen-bond donors (Lipinski definition) is 1. The van der Waals surface area contributed by atoms with Crippen LogP contribution in [0.1, 0.15) is 40.5 Å². The van der Waals surface area contributed by atoms with Crippen LogP contribution >= 0.6 is 0 Å². The van der Waals surface area contributed by atoms with Crippen molar-refractivity contribution in [3.8, 4) is 0 Å². The lowest BCUT2D eigenvalue weighted by Gasteiger charge is -2.25. The van der Waals surface area contributed by atoms with Gasteiger partial charge >= 0.3 is 0 Å². The summed E-state index contributed by atoms with van der Waals surface area (Å²) >= 11 is 0. The zero-order valence-corrected chi connectivity index (χ0v) is 13.6. The van der Waals surface area contributed by atoms with Gasteiger partial charge in [-0.25, -0.2) is 8.42 Å². The van der Waals surface area contributed by atoms with E-state index in [1.165, 1.54) is 0 Å². The van der Waals surface area contributed by atoms with Crippen molar-refractivity contribution in [1.29, 1.82) is 0 Å². The average molecular weight is 291 g/mol. The molecule has 0 saturated carbocycles. The maximum absolute atomic E-state index is 11.6. The van der Waals surface area contributed by atoms with Gasteiger partial charge in [0.2, 0.25) is 0 Å². The molecular formula is C14H29NO3S. The van der Waals surface area contributed by atoms with Gasteiger partial charge in [-0.1, -0.05) is 6.92 Å². The van der Waals surface area contributed by atoms with Crippen LogP contribution in [0.5, 0.6) is 0 Å². The molecule has 0 aromatic heterocycles. The first-order valence-corrected chi connectivity index (χ1v) is 9.11. The largest absolute Gasteiger partial charge is 0.376 e. The van der Waals surface area contributed by atoms with E-state index in [0.29, 0.717) is 29.9 Å². The highest BCUT2D eigenvalue weighted by Crippen LogP contribution is 2.28. The lowest BCUT2D eigenvalue weighted by atomic mass is 9.89. The third-order valence-electron chi connectivity index (χ3n) is 3.61. The number of rotatable bonds is 7. The fourth-order valence-corrected chi connectivity index (χ4v) is 4.47. The van der Waals surface area contributed by atoms with E-state index in [4.69, 9.17) is 4.74 Å². The molecule has 5 heteroatoms. The second-order valence-corrected chi connectivity index (χ2v) is 8.71. The van der Waals surface area contributed by atoms with Gasteiger partial charge in [0.1, 0.15) is 0 Å². The van der Waals surface area contributed by atoms with Crippen molar-refractivity contribution in [1.82, 2.24) is 5.32 Å². The molecule has 2 atom stereocenters. The fourth-order valence-electron chi connectivity index (χ4n) is 2.55. The first-order valence-electron chi connectivity index (χ1n) is 7.28. The Balaban J connectivity index is 2.48. The molecule has 1 saturated heterocycles. The minimum atomic E-state index is -2.79. The van der Waals surface area contributed by atoms with Gasteiger partial charge in [0, 0.05) is 6.61 Å². The van der Waals surface area contributed by atoms with Gasteiger partial charge in [-0.3, -0.25) is 0 Å². The molecule has 0 aromatic rings. The molecule has 2 unspecified atom stereocenters. The zero-order chi connectivity index (χ0) is 14.5. The Morgan fingerprint density at radius 2 is 2.05 bits per heavy atom. The highest BCUT2D eigenvalue weighted by atomic mass is 32.2. The van der Waals surface area contributed by atoms with Gasteiger partial charge < -0.3 is 10.1 Å². The van der Waals surface area contributed by atoms with Crippen LogP contribution in [0.3, 0.4) is 0 Å². The number of nitrogens with one attached hydrogen (secondary N) is 1. The number of ether oxygens (including phenoxy) is 1. The van der Waals surface area contributed by atoms with E-state index in [9.17, 15) is 8.42 Å². The third kappa shape index (κ3) is 6.72. The smallest absolute Gasteiger partial charge is 0.150 e. The second-order valence-electron chi connectivity index (χ2n) is 6.48. The van der Waals surface area contributed by atoms with E-state index < -0.39 is 9.84 Å². The molecule has 0 bridgehead atoms. The minimum Gasteiger partial charge on any atom is -0.376 e. The monoisotopic (exact) mass is 291 g/mol. The van der Waals surface area contributed by atoms with Crippen LogP contribution in [0, 0.1) is 11.8 Å². The highest BCUT2D eigenvalue weighted by molar-refractivity contribution is 7.91. The van der Waals surface area contributed by atoms with Crippen molar-refractivity contribution < 1.29 is 13.2 Å². The summed E-state index contributed by atoms with van der Waals surface area (Å²) in [4.78, 5) is 0. The van der Waals surface area contributed by atoms with Crippen molar-refractivity contribution in [2.75, 3.05) is 31.2 Å². The summed E-state index contributed by atoms with van der Waals surface area (Å²) in [6.45, 7) is 10.7. The number of hydrogen-bond acceptors (Lipinski definition) is 4. The number of sulfone groups is 1. The lowest BCUT2D eigenvalue weighted by molar-refractivity contribution is -0.0117. The molecule has 0 amide bonds. The van der Waals surface area contributed by atoms with Gasteiger partial charge in [-0.2, -0.15) is 0 Å². The molecule has 0 aromatic carbocycles. The normalized spacial score (nSPS) is 24.5. The molecule has 0 spiro atoms. The second kappa shape index (κ2) is 7.04. The molecule has 114 valence electrons. The van der Waals surface area contributed by atoms with Crippen molar-refractivity contribution in [3.05, 3.63) is 0 Å². The van der Waals surface area contributed by atoms with Crippen LogP contribution in [-0.4, -0.2) is 45.2 Å². The first kappa shape index (κ1) is 16.9. The SMILES string of the molecule is CCNCC(CCOC(C)(C)C)C1CCS(=O)(=O)C1. The molecule has 1 aliphatic heterocycles. The maximum Gasteiger partial charge on any atom is 0.150 e. The van der Waals surface area contributed by atoms with Crippen LogP contribution in [0.2, 0.25) is 0 Å². The Morgan fingerprint density at radius 1 is 1.37 bits per heavy atom. The molecule has 4 nitrogen and oxygen atoms in total. The molecule has 1 aliphatic rings. The van der Waals surface area contributed by atoms with Crippen molar-refractivity contribution in [2.45, 2.75) is 46.1 Å². The summed E-state index contributed by atoms with van der Waals surface area (Å²) in [7, 11) is -2.79. The lowest BCUT2D eigenvalue weighted by Crippen LogP contribution is -2.31. The molecule has 0 radical (unpaired) electrons. The Hall–Kier alpha value is -0.130. The zero-order valence-electron chi connectivity index (χ0n) is 12.7. The van der Waals surface area contributed by atoms with E-state index in [-0.39, 0.29) is 5.60 Å². The quantitative estimate of drug-likeness (QED) is 0.778. The van der Waals surface area contributed by atoms with Crippen LogP contribution in [0.4, 0.5) is 0 Å². The van der Waals surface area contributed by atoms with Gasteiger partial charge in [0.25, 0.3) is 0 Å². The predicted molar refractivity (Wildman–Crippen MR) is 79.1 cm³/mol. The summed E-state index contributed by atoms with van der Waals surface area (Å²) in [6, 6.07) is 0. The Kier molecular flexibility index (Phi) is 6.27. The van der Waals surface area contributed by atoms with Crippen molar-refractivity contribution in [3.63, 3.8) is 0 Å². The summed E-state index contributed by atoms with van der Waals surface area (Å²) in [5, 5.41) is 3.35. The van der Waals surface area contributed by atoms with Gasteiger partial charge in [0.15, 0.2) is 9.84 Å². The Morgan fingerprint density at radius 3 is 2.53 bits per heavy atom. The molecule has 1 N–H and O–H groups in total. The summed E-state index contributed by atoms with van der Waals surface area (Å²) in [5.74, 6) is 1.42. The summed E-state index contributed by atoms with van der Waals surface area (Å²) < 4.78 is 29.0. The van der Waals surface area contributed by atoms with Crippen LogP contribution in [-0.2, 0) is 14.6 Å². The average Bonchev–Trinajstić information content (AvgIpc) is 2.62. The van der Waals surface area contributed by atoms with Crippen LogP contribution in [0.25, 0.3) is 0 Å². The van der Waals surface area contributed by atoms with Gasteiger partial charge in [-0.05, 0) is 58.5 Å². The van der Waals surface area contributed by atoms with Gasteiger partial charge in [0.05, 0.1) is 17.1 Å². The Labute approximate surface area is 118 Å². The summed E-state index contributed by atoms with van der Waals surface area (Å²) in [6.07, 6.45) is 1.75. The molecular weight excluding hydrogens is 262 g/mol. The Bertz CT molecular complexity index is 359. The van der Waals surface area contributed by atoms with E-state index in [1.807, 2.05) is 20.8 Å². The van der Waals surface area contributed by atoms with Crippen LogP contribution < -0.4 is 5.32 Å². The van der Waals surface area contributed by atoms with E-state index in [0.717, 1.165) is 25.9 Å². The molecule has 1 fully saturated rings. The third-order valence-corrected chi connectivity index (χ3v) is 5.41. The maximum atomic E-state index is 11.6. The molecule has 1 rings (SSSR count). The molecule has 19 heavy (non-hydrogen) atoms. The topological polar surface area (TPSA) is 55.4 Å². The van der Waals surface area contributed by atoms with Gasteiger partial charge in [-0.15, -0.1) is 0 Å². The first-order chi connectivity index (χ1) is 8.73. The van der Waals surface area contributed by atoms with Crippen LogP contribution in [0.15, 0.2) is 0 Å². The van der Waals surface area contributed by atoms with E-state index in [2.05, 4.69) is 12.2 Å². The fraction of sp³-hybridized carbons (Fsp3) is 1.00. The predicted octanol–water partition coefficient (Wildman–Crippen LogP) is 1.85. The standard InChI is InChI=1S/C14H29NO3S/c1-5-15-10-12(6-8-18-14(2,3)4)13-7-9-19(16,17)11-13/h12-13,15H,5-11H2,1-4H3. The van der Waals surface area contributed by atoms with E-state index in [1.54, 1.807) is 0 Å². The van der Waals surface area contributed by atoms with E-state index >= 15 is 0 Å². The molecule has 1 heterocycles. The van der Waals surface area contributed by atoms with Crippen molar-refractivity contribution >= 4 is 9.84 Å². The van der Waals surface area contributed by atoms with Crippen molar-refractivity contribution in [2.24, 2.45) is 11.8 Å².